The number of aliphatic carboxylic acids is 1. The predicted octanol–water partition coefficient (Wildman–Crippen LogP) is 0.802. The van der Waals surface area contributed by atoms with Gasteiger partial charge in [-0.15, -0.1) is 0 Å². The number of nitrogens with one attached hydrogen (secondary N) is 1. The minimum atomic E-state index is -1.39. The zero-order chi connectivity index (χ0) is 16.5. The molecule has 0 saturated heterocycles. The summed E-state index contributed by atoms with van der Waals surface area (Å²) in [5.41, 5.74) is -0.269. The lowest BCUT2D eigenvalue weighted by atomic mass is 10.1. The maximum Gasteiger partial charge on any atom is 0.329 e. The minimum Gasteiger partial charge on any atom is -0.480 e. The quantitative estimate of drug-likeness (QED) is 0.854. The molecule has 1 heterocycles. The molecule has 1 aromatic heterocycles. The number of carbonyl (C=O) groups is 2. The van der Waals surface area contributed by atoms with Gasteiger partial charge in [0, 0.05) is 6.54 Å². The van der Waals surface area contributed by atoms with Gasteiger partial charge in [-0.25, -0.2) is 9.59 Å². The first kappa shape index (κ1) is 15.8. The normalized spacial score (nSPS) is 11.6. The van der Waals surface area contributed by atoms with Crippen LogP contribution in [-0.2, 0) is 22.7 Å². The first-order valence-corrected chi connectivity index (χ1v) is 7.00. The molecule has 0 atom stereocenters. The highest BCUT2D eigenvalue weighted by atomic mass is 16.4. The van der Waals surface area contributed by atoms with Crippen LogP contribution >= 0.6 is 0 Å². The van der Waals surface area contributed by atoms with Gasteiger partial charge in [0.1, 0.15) is 12.1 Å². The van der Waals surface area contributed by atoms with Gasteiger partial charge in [-0.05, 0) is 32.9 Å². The van der Waals surface area contributed by atoms with Crippen LogP contribution in [0.2, 0.25) is 0 Å². The standard InChI is InChI=1S/C15H19N3O4/c1-4-17-10-7-5-6-8-11(10)18(14(17)22)9-12(19)16-15(2,3)13(20)21/h5-8H,4,9H2,1-3H3,(H,16,19)(H,20,21). The maximum absolute atomic E-state index is 12.4. The highest BCUT2D eigenvalue weighted by Crippen LogP contribution is 2.12. The van der Waals surface area contributed by atoms with E-state index in [1.165, 1.54) is 18.4 Å². The lowest BCUT2D eigenvalue weighted by Crippen LogP contribution is -2.51. The number of aryl methyl sites for hydroxylation is 1. The largest absolute Gasteiger partial charge is 0.480 e. The van der Waals surface area contributed by atoms with Gasteiger partial charge in [-0.1, -0.05) is 12.1 Å². The molecule has 0 saturated carbocycles. The van der Waals surface area contributed by atoms with Gasteiger partial charge < -0.3 is 10.4 Å². The highest BCUT2D eigenvalue weighted by molar-refractivity contribution is 5.87. The molecule has 0 radical (unpaired) electrons. The molecule has 1 amide bonds. The van der Waals surface area contributed by atoms with E-state index in [1.807, 2.05) is 19.1 Å². The summed E-state index contributed by atoms with van der Waals surface area (Å²) in [4.78, 5) is 35.5. The fraction of sp³-hybridized carbons (Fsp3) is 0.400. The van der Waals surface area contributed by atoms with Gasteiger partial charge >= 0.3 is 11.7 Å². The van der Waals surface area contributed by atoms with Crippen LogP contribution in [0.5, 0.6) is 0 Å². The van der Waals surface area contributed by atoms with Crippen molar-refractivity contribution in [3.05, 3.63) is 34.7 Å². The van der Waals surface area contributed by atoms with Gasteiger partial charge in [0.2, 0.25) is 5.91 Å². The van der Waals surface area contributed by atoms with Crippen molar-refractivity contribution in [2.24, 2.45) is 0 Å². The summed E-state index contributed by atoms with van der Waals surface area (Å²) in [5, 5.41) is 11.5. The Morgan fingerprint density at radius 3 is 2.23 bits per heavy atom. The van der Waals surface area contributed by atoms with Gasteiger partial charge in [0.05, 0.1) is 11.0 Å². The van der Waals surface area contributed by atoms with Crippen molar-refractivity contribution in [3.63, 3.8) is 0 Å². The van der Waals surface area contributed by atoms with E-state index in [1.54, 1.807) is 16.7 Å². The number of rotatable bonds is 5. The number of carboxylic acid groups (broad SMARTS) is 1. The Morgan fingerprint density at radius 2 is 1.73 bits per heavy atom. The first-order chi connectivity index (χ1) is 10.3. The van der Waals surface area contributed by atoms with E-state index in [9.17, 15) is 14.4 Å². The average Bonchev–Trinajstić information content (AvgIpc) is 2.70. The van der Waals surface area contributed by atoms with Crippen molar-refractivity contribution in [1.29, 1.82) is 0 Å². The average molecular weight is 305 g/mol. The number of hydrogen-bond donors (Lipinski definition) is 2. The Hall–Kier alpha value is -2.57. The number of benzene rings is 1. The zero-order valence-electron chi connectivity index (χ0n) is 12.8. The molecule has 2 N–H and O–H groups in total. The molecule has 2 rings (SSSR count). The van der Waals surface area contributed by atoms with E-state index >= 15 is 0 Å². The molecule has 7 heteroatoms. The Balaban J connectivity index is 2.37. The number of nitrogens with zero attached hydrogens (tertiary/aromatic N) is 2. The molecule has 0 fully saturated rings. The topological polar surface area (TPSA) is 93.3 Å². The van der Waals surface area contributed by atoms with E-state index in [2.05, 4.69) is 5.32 Å². The Labute approximate surface area is 127 Å². The van der Waals surface area contributed by atoms with Crippen molar-refractivity contribution in [1.82, 2.24) is 14.5 Å². The van der Waals surface area contributed by atoms with Gasteiger partial charge in [0.15, 0.2) is 0 Å². The molecule has 22 heavy (non-hydrogen) atoms. The van der Waals surface area contributed by atoms with Crippen LogP contribution in [-0.4, -0.2) is 31.7 Å². The second-order valence-corrected chi connectivity index (χ2v) is 5.58. The number of carboxylic acids is 1. The van der Waals surface area contributed by atoms with E-state index in [0.29, 0.717) is 12.1 Å². The second kappa shape index (κ2) is 5.67. The van der Waals surface area contributed by atoms with Crippen molar-refractivity contribution >= 4 is 22.9 Å². The third kappa shape index (κ3) is 2.74. The lowest BCUT2D eigenvalue weighted by Gasteiger charge is -2.21. The van der Waals surface area contributed by atoms with Gasteiger partial charge in [-0.3, -0.25) is 13.9 Å². The summed E-state index contributed by atoms with van der Waals surface area (Å²) < 4.78 is 2.93. The molecule has 0 unspecified atom stereocenters. The molecule has 1 aromatic carbocycles. The third-order valence-electron chi connectivity index (χ3n) is 3.53. The van der Waals surface area contributed by atoms with Crippen LogP contribution in [0.15, 0.2) is 29.1 Å². The van der Waals surface area contributed by atoms with Crippen LogP contribution < -0.4 is 11.0 Å². The van der Waals surface area contributed by atoms with Gasteiger partial charge in [-0.2, -0.15) is 0 Å². The number of fused-ring (bicyclic) bond motifs is 1. The van der Waals surface area contributed by atoms with Crippen LogP contribution in [0, 0.1) is 0 Å². The summed E-state index contributed by atoms with van der Waals surface area (Å²) in [5.74, 6) is -1.65. The smallest absolute Gasteiger partial charge is 0.329 e. The molecule has 118 valence electrons. The SMILES string of the molecule is CCn1c(=O)n(CC(=O)NC(C)(C)C(=O)O)c2ccccc21. The minimum absolute atomic E-state index is 0.219. The van der Waals surface area contributed by atoms with E-state index in [0.717, 1.165) is 5.52 Å². The van der Waals surface area contributed by atoms with Gasteiger partial charge in [0.25, 0.3) is 0 Å². The number of amides is 1. The number of hydrogen-bond acceptors (Lipinski definition) is 3. The summed E-state index contributed by atoms with van der Waals surface area (Å²) in [7, 11) is 0. The molecular formula is C15H19N3O4. The summed E-state index contributed by atoms with van der Waals surface area (Å²) in [6, 6.07) is 7.19. The Morgan fingerprint density at radius 1 is 1.18 bits per heavy atom. The number of para-hydroxylation sites is 2. The summed E-state index contributed by atoms with van der Waals surface area (Å²) in [6.45, 7) is 4.92. The van der Waals surface area contributed by atoms with E-state index in [-0.39, 0.29) is 12.2 Å². The van der Waals surface area contributed by atoms with Crippen molar-refractivity contribution in [2.45, 2.75) is 39.4 Å². The molecule has 0 aliphatic heterocycles. The second-order valence-electron chi connectivity index (χ2n) is 5.58. The number of aromatic nitrogens is 2. The van der Waals surface area contributed by atoms with Crippen molar-refractivity contribution in [2.75, 3.05) is 0 Å². The monoisotopic (exact) mass is 305 g/mol. The fourth-order valence-corrected chi connectivity index (χ4v) is 2.32. The molecule has 2 aromatic rings. The first-order valence-electron chi connectivity index (χ1n) is 7.00. The molecular weight excluding hydrogens is 286 g/mol. The summed E-state index contributed by atoms with van der Waals surface area (Å²) in [6.07, 6.45) is 0. The Kier molecular flexibility index (Phi) is 4.07. The van der Waals surface area contributed by atoms with E-state index in [4.69, 9.17) is 5.11 Å². The van der Waals surface area contributed by atoms with Crippen LogP contribution in [0.25, 0.3) is 11.0 Å². The molecule has 7 nitrogen and oxygen atoms in total. The molecule has 0 bridgehead atoms. The molecule has 0 aliphatic carbocycles. The molecule has 0 spiro atoms. The number of carbonyl (C=O) groups excluding carboxylic acids is 1. The van der Waals surface area contributed by atoms with Crippen LogP contribution in [0.3, 0.4) is 0 Å². The Bertz CT molecular complexity index is 786. The lowest BCUT2D eigenvalue weighted by molar-refractivity contribution is -0.146. The number of imidazole rings is 1. The maximum atomic E-state index is 12.4. The predicted molar refractivity (Wildman–Crippen MR) is 81.7 cm³/mol. The summed E-state index contributed by atoms with van der Waals surface area (Å²) >= 11 is 0. The van der Waals surface area contributed by atoms with Crippen LogP contribution in [0.4, 0.5) is 0 Å². The fourth-order valence-electron chi connectivity index (χ4n) is 2.32. The molecule has 0 aliphatic rings. The highest BCUT2D eigenvalue weighted by Gasteiger charge is 2.29. The third-order valence-corrected chi connectivity index (χ3v) is 3.53. The van der Waals surface area contributed by atoms with E-state index < -0.39 is 17.4 Å². The van der Waals surface area contributed by atoms with Crippen LogP contribution in [0.1, 0.15) is 20.8 Å². The van der Waals surface area contributed by atoms with Crippen molar-refractivity contribution in [3.8, 4) is 0 Å². The van der Waals surface area contributed by atoms with Crippen molar-refractivity contribution < 1.29 is 14.7 Å². The zero-order valence-corrected chi connectivity index (χ0v) is 12.8.